The average Bonchev–Trinajstić information content (AvgIpc) is 2.24. The smallest absolute Gasteiger partial charge is 0.232 e. The first-order valence-corrected chi connectivity index (χ1v) is 5.69. The number of rotatable bonds is 5. The van der Waals surface area contributed by atoms with Crippen LogP contribution in [0.5, 0.6) is 5.88 Å². The standard InChI is InChI=1S/C11H17ClN4O/c1-7(2)6-17-10-9(12)3-8(4-15-10)5-16-11(13)14/h3-4,7H,5-6H2,1-2H3,(H4,13,14,16). The third-order valence-electron chi connectivity index (χ3n) is 1.86. The van der Waals surface area contributed by atoms with Gasteiger partial charge in [-0.3, -0.25) is 0 Å². The van der Waals surface area contributed by atoms with Crippen LogP contribution in [0.4, 0.5) is 0 Å². The lowest BCUT2D eigenvalue weighted by Crippen LogP contribution is -2.22. The number of guanidine groups is 1. The largest absolute Gasteiger partial charge is 0.476 e. The monoisotopic (exact) mass is 256 g/mol. The Morgan fingerprint density at radius 3 is 2.76 bits per heavy atom. The third-order valence-corrected chi connectivity index (χ3v) is 2.13. The molecule has 0 radical (unpaired) electrons. The van der Waals surface area contributed by atoms with Crippen LogP contribution >= 0.6 is 11.6 Å². The lowest BCUT2D eigenvalue weighted by atomic mass is 10.2. The second-order valence-electron chi connectivity index (χ2n) is 4.08. The van der Waals surface area contributed by atoms with Crippen molar-refractivity contribution in [3.05, 3.63) is 22.8 Å². The quantitative estimate of drug-likeness (QED) is 0.618. The predicted molar refractivity (Wildman–Crippen MR) is 69.1 cm³/mol. The second kappa shape index (κ2) is 6.30. The summed E-state index contributed by atoms with van der Waals surface area (Å²) in [4.78, 5) is 8.00. The van der Waals surface area contributed by atoms with Crippen LogP contribution in [0.15, 0.2) is 17.3 Å². The summed E-state index contributed by atoms with van der Waals surface area (Å²) >= 11 is 6.03. The molecule has 5 nitrogen and oxygen atoms in total. The number of nitrogens with two attached hydrogens (primary N) is 2. The fourth-order valence-electron chi connectivity index (χ4n) is 1.09. The van der Waals surface area contributed by atoms with E-state index in [4.69, 9.17) is 27.8 Å². The summed E-state index contributed by atoms with van der Waals surface area (Å²) in [5.41, 5.74) is 11.3. The first-order chi connectivity index (χ1) is 7.99. The van der Waals surface area contributed by atoms with E-state index in [0.29, 0.717) is 30.0 Å². The van der Waals surface area contributed by atoms with Crippen molar-refractivity contribution in [2.24, 2.45) is 22.4 Å². The van der Waals surface area contributed by atoms with Crippen molar-refractivity contribution in [2.45, 2.75) is 20.4 Å². The Labute approximate surface area is 106 Å². The summed E-state index contributed by atoms with van der Waals surface area (Å²) in [6.07, 6.45) is 1.65. The van der Waals surface area contributed by atoms with E-state index in [1.54, 1.807) is 12.3 Å². The summed E-state index contributed by atoms with van der Waals surface area (Å²) in [7, 11) is 0. The van der Waals surface area contributed by atoms with Crippen LogP contribution in [0.1, 0.15) is 19.4 Å². The first kappa shape index (κ1) is 13.6. The molecule has 0 aromatic carbocycles. The molecule has 0 aliphatic heterocycles. The molecule has 0 saturated carbocycles. The van der Waals surface area contributed by atoms with Gasteiger partial charge in [-0.15, -0.1) is 0 Å². The van der Waals surface area contributed by atoms with Crippen molar-refractivity contribution in [2.75, 3.05) is 6.61 Å². The molecular weight excluding hydrogens is 240 g/mol. The number of halogens is 1. The van der Waals surface area contributed by atoms with Crippen LogP contribution in [0.2, 0.25) is 5.02 Å². The Bertz CT molecular complexity index is 402. The molecule has 1 aromatic heterocycles. The Balaban J connectivity index is 2.69. The zero-order chi connectivity index (χ0) is 12.8. The maximum absolute atomic E-state index is 6.03. The SMILES string of the molecule is CC(C)COc1ncc(CN=C(N)N)cc1Cl. The van der Waals surface area contributed by atoms with Crippen LogP contribution in [0.3, 0.4) is 0 Å². The van der Waals surface area contributed by atoms with E-state index in [9.17, 15) is 0 Å². The molecule has 0 aliphatic carbocycles. The fraction of sp³-hybridized carbons (Fsp3) is 0.455. The van der Waals surface area contributed by atoms with Gasteiger partial charge in [-0.05, 0) is 17.5 Å². The van der Waals surface area contributed by atoms with Crippen molar-refractivity contribution in [3.8, 4) is 5.88 Å². The van der Waals surface area contributed by atoms with E-state index in [1.807, 2.05) is 0 Å². The van der Waals surface area contributed by atoms with Crippen LogP contribution < -0.4 is 16.2 Å². The third kappa shape index (κ3) is 4.91. The molecule has 0 saturated heterocycles. The van der Waals surface area contributed by atoms with E-state index in [2.05, 4.69) is 23.8 Å². The molecule has 6 heteroatoms. The molecule has 0 aliphatic rings. The Morgan fingerprint density at radius 2 is 2.24 bits per heavy atom. The van der Waals surface area contributed by atoms with Crippen LogP contribution in [0.25, 0.3) is 0 Å². The molecule has 17 heavy (non-hydrogen) atoms. The molecule has 0 atom stereocenters. The lowest BCUT2D eigenvalue weighted by Gasteiger charge is -2.09. The number of aliphatic imine (C=N–C) groups is 1. The van der Waals surface area contributed by atoms with Gasteiger partial charge in [-0.25, -0.2) is 9.98 Å². The molecule has 0 amide bonds. The minimum absolute atomic E-state index is 0.0428. The van der Waals surface area contributed by atoms with Crippen molar-refractivity contribution in [1.29, 1.82) is 0 Å². The van der Waals surface area contributed by atoms with Gasteiger partial charge in [0.2, 0.25) is 5.88 Å². The van der Waals surface area contributed by atoms with Gasteiger partial charge in [0, 0.05) is 6.20 Å². The average molecular weight is 257 g/mol. The molecule has 0 unspecified atom stereocenters. The van der Waals surface area contributed by atoms with Crippen molar-refractivity contribution in [3.63, 3.8) is 0 Å². The highest BCUT2D eigenvalue weighted by Gasteiger charge is 2.05. The molecular formula is C11H17ClN4O. The van der Waals surface area contributed by atoms with E-state index in [-0.39, 0.29) is 5.96 Å². The van der Waals surface area contributed by atoms with Gasteiger partial charge in [-0.2, -0.15) is 0 Å². The molecule has 1 aromatic rings. The molecule has 1 heterocycles. The van der Waals surface area contributed by atoms with Crippen LogP contribution in [-0.4, -0.2) is 17.6 Å². The summed E-state index contributed by atoms with van der Waals surface area (Å²) in [5.74, 6) is 0.907. The van der Waals surface area contributed by atoms with Gasteiger partial charge in [0.25, 0.3) is 0 Å². The molecule has 0 spiro atoms. The van der Waals surface area contributed by atoms with Crippen molar-refractivity contribution >= 4 is 17.6 Å². The Hall–Kier alpha value is -1.49. The highest BCUT2D eigenvalue weighted by Crippen LogP contribution is 2.23. The normalized spacial score (nSPS) is 10.4. The molecule has 0 fully saturated rings. The van der Waals surface area contributed by atoms with Gasteiger partial charge >= 0.3 is 0 Å². The summed E-state index contributed by atoms with van der Waals surface area (Å²) in [5, 5.41) is 0.467. The number of aromatic nitrogens is 1. The predicted octanol–water partition coefficient (Wildman–Crippen LogP) is 1.54. The Kier molecular flexibility index (Phi) is 5.03. The van der Waals surface area contributed by atoms with E-state index in [1.165, 1.54) is 0 Å². The zero-order valence-corrected chi connectivity index (χ0v) is 10.7. The minimum Gasteiger partial charge on any atom is -0.476 e. The maximum atomic E-state index is 6.03. The number of hydrogen-bond donors (Lipinski definition) is 2. The molecule has 4 N–H and O–H groups in total. The van der Waals surface area contributed by atoms with E-state index < -0.39 is 0 Å². The van der Waals surface area contributed by atoms with E-state index >= 15 is 0 Å². The highest BCUT2D eigenvalue weighted by molar-refractivity contribution is 6.31. The van der Waals surface area contributed by atoms with Crippen molar-refractivity contribution in [1.82, 2.24) is 4.98 Å². The van der Waals surface area contributed by atoms with Crippen LogP contribution in [0, 0.1) is 5.92 Å². The zero-order valence-electron chi connectivity index (χ0n) is 9.98. The second-order valence-corrected chi connectivity index (χ2v) is 4.48. The van der Waals surface area contributed by atoms with Crippen molar-refractivity contribution < 1.29 is 4.74 Å². The topological polar surface area (TPSA) is 86.5 Å². The number of nitrogens with zero attached hydrogens (tertiary/aromatic N) is 2. The number of pyridine rings is 1. The van der Waals surface area contributed by atoms with Gasteiger partial charge in [0.05, 0.1) is 13.2 Å². The fourth-order valence-corrected chi connectivity index (χ4v) is 1.33. The molecule has 1 rings (SSSR count). The highest BCUT2D eigenvalue weighted by atomic mass is 35.5. The minimum atomic E-state index is 0.0428. The summed E-state index contributed by atoms with van der Waals surface area (Å²) in [6, 6.07) is 1.75. The number of hydrogen-bond acceptors (Lipinski definition) is 3. The molecule has 0 bridgehead atoms. The van der Waals surface area contributed by atoms with Gasteiger partial charge in [0.15, 0.2) is 5.96 Å². The summed E-state index contributed by atoms with van der Waals surface area (Å²) < 4.78 is 5.45. The van der Waals surface area contributed by atoms with Crippen LogP contribution in [-0.2, 0) is 6.54 Å². The van der Waals surface area contributed by atoms with Gasteiger partial charge < -0.3 is 16.2 Å². The first-order valence-electron chi connectivity index (χ1n) is 5.31. The van der Waals surface area contributed by atoms with E-state index in [0.717, 1.165) is 5.56 Å². The lowest BCUT2D eigenvalue weighted by molar-refractivity contribution is 0.261. The van der Waals surface area contributed by atoms with Gasteiger partial charge in [0.1, 0.15) is 5.02 Å². The maximum Gasteiger partial charge on any atom is 0.232 e. The summed E-state index contributed by atoms with van der Waals surface area (Å²) in [6.45, 7) is 5.06. The van der Waals surface area contributed by atoms with Gasteiger partial charge in [-0.1, -0.05) is 25.4 Å². The number of ether oxygens (including phenoxy) is 1. The Morgan fingerprint density at radius 1 is 1.53 bits per heavy atom. The molecule has 94 valence electrons.